The van der Waals surface area contributed by atoms with Gasteiger partial charge >= 0.3 is 0 Å². The second-order valence-electron chi connectivity index (χ2n) is 5.79. The highest BCUT2D eigenvalue weighted by Gasteiger charge is 2.31. The molecule has 4 nitrogen and oxygen atoms in total. The number of anilines is 1. The van der Waals surface area contributed by atoms with Crippen LogP contribution in [0.4, 0.5) is 5.82 Å². The van der Waals surface area contributed by atoms with E-state index in [0.29, 0.717) is 6.04 Å². The molecule has 1 fully saturated rings. The predicted octanol–water partition coefficient (Wildman–Crippen LogP) is 3.14. The van der Waals surface area contributed by atoms with E-state index in [1.54, 1.807) is 0 Å². The van der Waals surface area contributed by atoms with E-state index in [1.807, 2.05) is 6.20 Å². The standard InChI is InChI=1S/C14H20N4S/c1-9-12-8-15-18(13(12)17-10(2)16-9)11-4-6-14(3,19)7-5-11/h8,11,16-17,19H,1-2,4-7H2,3H3. The number of nitrogens with zero attached hydrogens (tertiary/aromatic N) is 2. The zero-order valence-electron chi connectivity index (χ0n) is 11.2. The van der Waals surface area contributed by atoms with Crippen LogP contribution in [0.15, 0.2) is 25.2 Å². The number of hydrogen-bond acceptors (Lipinski definition) is 4. The summed E-state index contributed by atoms with van der Waals surface area (Å²) in [4.78, 5) is 0. The fourth-order valence-electron chi connectivity index (χ4n) is 2.88. The van der Waals surface area contributed by atoms with Crippen molar-refractivity contribution in [2.24, 2.45) is 0 Å². The molecule has 1 aromatic rings. The third kappa shape index (κ3) is 2.27. The van der Waals surface area contributed by atoms with Gasteiger partial charge in [-0.25, -0.2) is 4.68 Å². The van der Waals surface area contributed by atoms with Crippen LogP contribution in [0.1, 0.15) is 44.2 Å². The molecule has 19 heavy (non-hydrogen) atoms. The maximum Gasteiger partial charge on any atom is 0.139 e. The second-order valence-corrected chi connectivity index (χ2v) is 6.87. The lowest BCUT2D eigenvalue weighted by atomic mass is 9.86. The fraction of sp³-hybridized carbons (Fsp3) is 0.500. The minimum atomic E-state index is 0.173. The Bertz CT molecular complexity index is 534. The maximum absolute atomic E-state index is 4.70. The van der Waals surface area contributed by atoms with Gasteiger partial charge in [0.25, 0.3) is 0 Å². The number of fused-ring (bicyclic) bond motifs is 1. The topological polar surface area (TPSA) is 41.9 Å². The Kier molecular flexibility index (Phi) is 2.89. The molecular weight excluding hydrogens is 256 g/mol. The number of aromatic nitrogens is 2. The van der Waals surface area contributed by atoms with Gasteiger partial charge < -0.3 is 10.6 Å². The van der Waals surface area contributed by atoms with Crippen LogP contribution in [0.2, 0.25) is 0 Å². The van der Waals surface area contributed by atoms with Crippen molar-refractivity contribution in [2.45, 2.75) is 43.4 Å². The SMILES string of the molecule is C=C1NC(=C)c2cnn(C3CCC(C)(S)CC3)c2N1. The van der Waals surface area contributed by atoms with Gasteiger partial charge in [0, 0.05) is 10.4 Å². The molecule has 102 valence electrons. The first-order chi connectivity index (χ1) is 8.96. The Labute approximate surface area is 119 Å². The van der Waals surface area contributed by atoms with E-state index in [9.17, 15) is 0 Å². The van der Waals surface area contributed by atoms with Crippen LogP contribution < -0.4 is 10.6 Å². The van der Waals surface area contributed by atoms with Crippen molar-refractivity contribution in [1.29, 1.82) is 0 Å². The van der Waals surface area contributed by atoms with Gasteiger partial charge in [-0.2, -0.15) is 17.7 Å². The van der Waals surface area contributed by atoms with Gasteiger partial charge in [0.05, 0.1) is 17.8 Å². The molecule has 1 aliphatic carbocycles. The van der Waals surface area contributed by atoms with Crippen LogP contribution in [-0.4, -0.2) is 14.5 Å². The molecule has 0 spiro atoms. The zero-order valence-corrected chi connectivity index (χ0v) is 12.1. The normalized spacial score (nSPS) is 30.5. The van der Waals surface area contributed by atoms with Crippen molar-refractivity contribution in [3.63, 3.8) is 0 Å². The summed E-state index contributed by atoms with van der Waals surface area (Å²) in [6.45, 7) is 10.1. The highest BCUT2D eigenvalue weighted by atomic mass is 32.1. The van der Waals surface area contributed by atoms with Crippen LogP contribution in [0.25, 0.3) is 5.70 Å². The first-order valence-corrected chi connectivity index (χ1v) is 7.13. The second kappa shape index (κ2) is 4.34. The Morgan fingerprint density at radius 1 is 1.37 bits per heavy atom. The summed E-state index contributed by atoms with van der Waals surface area (Å²) in [5.74, 6) is 1.77. The van der Waals surface area contributed by atoms with E-state index in [4.69, 9.17) is 12.6 Å². The first-order valence-electron chi connectivity index (χ1n) is 6.68. The highest BCUT2D eigenvalue weighted by Crippen LogP contribution is 2.40. The minimum absolute atomic E-state index is 0.173. The van der Waals surface area contributed by atoms with Crippen LogP contribution >= 0.6 is 12.6 Å². The molecule has 2 aliphatic rings. The summed E-state index contributed by atoms with van der Waals surface area (Å²) in [6.07, 6.45) is 6.34. The first kappa shape index (κ1) is 12.7. The van der Waals surface area contributed by atoms with Gasteiger partial charge in [0.15, 0.2) is 0 Å². The van der Waals surface area contributed by atoms with E-state index in [0.717, 1.165) is 48.6 Å². The zero-order chi connectivity index (χ0) is 13.6. The number of hydrogen-bond donors (Lipinski definition) is 3. The number of rotatable bonds is 1. The van der Waals surface area contributed by atoms with Crippen molar-refractivity contribution < 1.29 is 0 Å². The van der Waals surface area contributed by atoms with E-state index >= 15 is 0 Å². The van der Waals surface area contributed by atoms with Gasteiger partial charge in [-0.1, -0.05) is 20.1 Å². The van der Waals surface area contributed by atoms with E-state index in [1.165, 1.54) is 0 Å². The van der Waals surface area contributed by atoms with Crippen molar-refractivity contribution in [3.05, 3.63) is 30.7 Å². The summed E-state index contributed by atoms with van der Waals surface area (Å²) in [6, 6.07) is 0.440. The van der Waals surface area contributed by atoms with Gasteiger partial charge in [-0.3, -0.25) is 0 Å². The largest absolute Gasteiger partial charge is 0.342 e. The lowest BCUT2D eigenvalue weighted by Gasteiger charge is -2.34. The van der Waals surface area contributed by atoms with E-state index in [2.05, 4.69) is 40.5 Å². The molecule has 0 aromatic carbocycles. The molecule has 0 unspecified atom stereocenters. The smallest absolute Gasteiger partial charge is 0.139 e. The molecule has 5 heteroatoms. The summed E-state index contributed by atoms with van der Waals surface area (Å²) >= 11 is 4.70. The fourth-order valence-corrected chi connectivity index (χ4v) is 3.14. The third-order valence-corrected chi connectivity index (χ3v) is 4.52. The van der Waals surface area contributed by atoms with Gasteiger partial charge in [0.2, 0.25) is 0 Å². The van der Waals surface area contributed by atoms with Gasteiger partial charge in [-0.15, -0.1) is 0 Å². The average Bonchev–Trinajstić information content (AvgIpc) is 2.73. The van der Waals surface area contributed by atoms with Crippen LogP contribution in [-0.2, 0) is 0 Å². The van der Waals surface area contributed by atoms with Crippen LogP contribution in [0.5, 0.6) is 0 Å². The maximum atomic E-state index is 4.70. The predicted molar refractivity (Wildman–Crippen MR) is 82.1 cm³/mol. The molecule has 0 radical (unpaired) electrons. The number of nitrogens with one attached hydrogen (secondary N) is 2. The van der Waals surface area contributed by atoms with Crippen molar-refractivity contribution in [1.82, 2.24) is 15.1 Å². The van der Waals surface area contributed by atoms with Crippen molar-refractivity contribution in [2.75, 3.05) is 5.32 Å². The molecule has 0 bridgehead atoms. The number of thiol groups is 1. The van der Waals surface area contributed by atoms with Crippen LogP contribution in [0, 0.1) is 0 Å². The molecule has 2 heterocycles. The third-order valence-electron chi connectivity index (χ3n) is 4.07. The molecule has 1 aromatic heterocycles. The molecule has 0 atom stereocenters. The van der Waals surface area contributed by atoms with Gasteiger partial charge in [0.1, 0.15) is 11.6 Å². The van der Waals surface area contributed by atoms with Crippen LogP contribution in [0.3, 0.4) is 0 Å². The van der Waals surface area contributed by atoms with E-state index < -0.39 is 0 Å². The van der Waals surface area contributed by atoms with E-state index in [-0.39, 0.29) is 4.75 Å². The Morgan fingerprint density at radius 3 is 2.74 bits per heavy atom. The minimum Gasteiger partial charge on any atom is -0.342 e. The highest BCUT2D eigenvalue weighted by molar-refractivity contribution is 7.81. The molecule has 1 aliphatic heterocycles. The molecule has 1 saturated carbocycles. The quantitative estimate of drug-likeness (QED) is 0.690. The van der Waals surface area contributed by atoms with Gasteiger partial charge in [-0.05, 0) is 25.7 Å². The summed E-state index contributed by atoms with van der Waals surface area (Å²) < 4.78 is 2.27. The monoisotopic (exact) mass is 276 g/mol. The molecule has 2 N–H and O–H groups in total. The average molecular weight is 276 g/mol. The Balaban J connectivity index is 1.87. The summed E-state index contributed by atoms with van der Waals surface area (Å²) in [5.41, 5.74) is 1.89. The molecule has 0 amide bonds. The summed E-state index contributed by atoms with van der Waals surface area (Å²) in [5, 5.41) is 10.9. The molecule has 3 rings (SSSR count). The summed E-state index contributed by atoms with van der Waals surface area (Å²) in [7, 11) is 0. The molecular formula is C14H20N4S. The Morgan fingerprint density at radius 2 is 2.05 bits per heavy atom. The lowest BCUT2D eigenvalue weighted by Crippen LogP contribution is -2.29. The van der Waals surface area contributed by atoms with Crippen molar-refractivity contribution in [3.8, 4) is 0 Å². The lowest BCUT2D eigenvalue weighted by molar-refractivity contribution is 0.298. The Hall–Kier alpha value is -1.36. The van der Waals surface area contributed by atoms with Crippen molar-refractivity contribution >= 4 is 24.1 Å². The molecule has 0 saturated heterocycles.